The molecule has 28 heavy (non-hydrogen) atoms. The highest BCUT2D eigenvalue weighted by Gasteiger charge is 2.13. The van der Waals surface area contributed by atoms with Gasteiger partial charge in [0.05, 0.1) is 26.1 Å². The highest BCUT2D eigenvalue weighted by molar-refractivity contribution is 5.87. The van der Waals surface area contributed by atoms with Crippen LogP contribution in [0.4, 0.5) is 17.5 Å². The average molecular weight is 374 g/mol. The van der Waals surface area contributed by atoms with Crippen LogP contribution < -0.4 is 20.5 Å². The zero-order chi connectivity index (χ0) is 19.5. The van der Waals surface area contributed by atoms with Crippen molar-refractivity contribution in [1.82, 2.24) is 19.9 Å². The largest absolute Gasteiger partial charge is 0.493 e. The van der Waals surface area contributed by atoms with Crippen molar-refractivity contribution in [2.75, 3.05) is 25.3 Å². The highest BCUT2D eigenvalue weighted by atomic mass is 16.5. The third-order valence-electron chi connectivity index (χ3n) is 4.14. The lowest BCUT2D eigenvalue weighted by atomic mass is 10.1. The first-order valence-electron chi connectivity index (χ1n) is 8.52. The van der Waals surface area contributed by atoms with E-state index in [0.717, 1.165) is 11.3 Å². The molecule has 0 spiro atoms. The fourth-order valence-corrected chi connectivity index (χ4v) is 2.80. The quantitative estimate of drug-likeness (QED) is 0.547. The molecule has 0 aliphatic carbocycles. The number of hydrogen-bond donors (Lipinski definition) is 2. The van der Waals surface area contributed by atoms with Gasteiger partial charge in [-0.1, -0.05) is 18.2 Å². The van der Waals surface area contributed by atoms with Gasteiger partial charge in [0, 0.05) is 11.3 Å². The number of anilines is 3. The van der Waals surface area contributed by atoms with Crippen molar-refractivity contribution in [2.24, 2.45) is 0 Å². The van der Waals surface area contributed by atoms with Crippen molar-refractivity contribution in [3.8, 4) is 22.8 Å². The minimum absolute atomic E-state index is 0.124. The Morgan fingerprint density at radius 2 is 1.68 bits per heavy atom. The number of nitrogens with one attached hydrogen (secondary N) is 1. The van der Waals surface area contributed by atoms with Gasteiger partial charge in [0.1, 0.15) is 0 Å². The third-order valence-corrected chi connectivity index (χ3v) is 4.14. The van der Waals surface area contributed by atoms with Gasteiger partial charge in [0.2, 0.25) is 5.95 Å². The minimum atomic E-state index is 0.124. The second-order valence-electron chi connectivity index (χ2n) is 5.92. The fraction of sp³-hybridized carbons (Fsp3) is 0.100. The van der Waals surface area contributed by atoms with Gasteiger partial charge in [-0.2, -0.15) is 9.97 Å². The Hall–Kier alpha value is -3.94. The number of benzene rings is 2. The molecule has 0 saturated heterocycles. The van der Waals surface area contributed by atoms with Gasteiger partial charge in [-0.15, -0.1) is 0 Å². The van der Waals surface area contributed by atoms with E-state index in [4.69, 9.17) is 20.2 Å². The highest BCUT2D eigenvalue weighted by Crippen LogP contribution is 2.32. The number of nitrogen functional groups attached to an aromatic ring is 1. The van der Waals surface area contributed by atoms with Crippen molar-refractivity contribution < 1.29 is 9.47 Å². The molecule has 2 aromatic heterocycles. The summed E-state index contributed by atoms with van der Waals surface area (Å²) < 4.78 is 10.7. The van der Waals surface area contributed by atoms with Crippen LogP contribution in [-0.4, -0.2) is 34.2 Å². The average Bonchev–Trinajstić information content (AvgIpc) is 2.73. The van der Waals surface area contributed by atoms with E-state index in [1.54, 1.807) is 20.4 Å². The molecular weight excluding hydrogens is 356 g/mol. The van der Waals surface area contributed by atoms with E-state index in [-0.39, 0.29) is 5.95 Å². The van der Waals surface area contributed by atoms with Gasteiger partial charge in [0.25, 0.3) is 0 Å². The first-order valence-corrected chi connectivity index (χ1v) is 8.52. The van der Waals surface area contributed by atoms with Gasteiger partial charge in [-0.05, 0) is 30.3 Å². The number of hydrogen-bond acceptors (Lipinski definition) is 8. The van der Waals surface area contributed by atoms with Crippen LogP contribution in [0.15, 0.2) is 54.7 Å². The molecule has 0 radical (unpaired) electrons. The normalized spacial score (nSPS) is 10.6. The zero-order valence-corrected chi connectivity index (χ0v) is 15.4. The molecule has 4 rings (SSSR count). The molecule has 0 atom stereocenters. The zero-order valence-electron chi connectivity index (χ0n) is 15.4. The molecule has 0 amide bonds. The van der Waals surface area contributed by atoms with E-state index in [0.29, 0.717) is 34.2 Å². The molecule has 0 fully saturated rings. The standard InChI is InChI=1S/C20H18N6O2/c1-27-15-9-8-12(10-16(15)28-2)14-11-22-18-17(24-14)19(26-20(21)25-18)23-13-6-4-3-5-7-13/h3-11H,1-2H3,(H3,21,22,23,25,26). The minimum Gasteiger partial charge on any atom is -0.493 e. The molecule has 0 unspecified atom stereocenters. The summed E-state index contributed by atoms with van der Waals surface area (Å²) in [7, 11) is 3.18. The maximum Gasteiger partial charge on any atom is 0.224 e. The van der Waals surface area contributed by atoms with Crippen LogP contribution >= 0.6 is 0 Å². The van der Waals surface area contributed by atoms with Gasteiger partial charge in [-0.25, -0.2) is 9.97 Å². The van der Waals surface area contributed by atoms with E-state index in [2.05, 4.69) is 20.3 Å². The SMILES string of the molecule is COc1ccc(-c2cnc3nc(N)nc(Nc4ccccc4)c3n2)cc1OC. The summed E-state index contributed by atoms with van der Waals surface area (Å²) in [4.78, 5) is 17.6. The molecule has 8 nitrogen and oxygen atoms in total. The Kier molecular flexibility index (Phi) is 4.59. The molecule has 0 aliphatic rings. The summed E-state index contributed by atoms with van der Waals surface area (Å²) >= 11 is 0. The van der Waals surface area contributed by atoms with E-state index in [1.807, 2.05) is 48.5 Å². The van der Waals surface area contributed by atoms with Crippen LogP contribution in [-0.2, 0) is 0 Å². The Morgan fingerprint density at radius 3 is 2.43 bits per heavy atom. The lowest BCUT2D eigenvalue weighted by molar-refractivity contribution is 0.355. The second kappa shape index (κ2) is 7.36. The monoisotopic (exact) mass is 374 g/mol. The van der Waals surface area contributed by atoms with Gasteiger partial charge in [-0.3, -0.25) is 0 Å². The molecule has 0 saturated carbocycles. The van der Waals surface area contributed by atoms with E-state index < -0.39 is 0 Å². The molecule has 4 aromatic rings. The summed E-state index contributed by atoms with van der Waals surface area (Å²) in [5.41, 5.74) is 9.11. The van der Waals surface area contributed by atoms with Crippen molar-refractivity contribution in [3.63, 3.8) is 0 Å². The third kappa shape index (κ3) is 3.35. The first-order chi connectivity index (χ1) is 13.7. The van der Waals surface area contributed by atoms with Crippen molar-refractivity contribution in [1.29, 1.82) is 0 Å². The van der Waals surface area contributed by atoms with Crippen LogP contribution in [0, 0.1) is 0 Å². The van der Waals surface area contributed by atoms with Crippen molar-refractivity contribution in [2.45, 2.75) is 0 Å². The lowest BCUT2D eigenvalue weighted by Gasteiger charge is -2.11. The van der Waals surface area contributed by atoms with Gasteiger partial charge < -0.3 is 20.5 Å². The number of rotatable bonds is 5. The Bertz CT molecular complexity index is 1130. The molecule has 0 bridgehead atoms. The molecular formula is C20H18N6O2. The number of fused-ring (bicyclic) bond motifs is 1. The summed E-state index contributed by atoms with van der Waals surface area (Å²) in [6.45, 7) is 0. The van der Waals surface area contributed by atoms with E-state index in [9.17, 15) is 0 Å². The summed E-state index contributed by atoms with van der Waals surface area (Å²) in [5.74, 6) is 1.86. The van der Waals surface area contributed by atoms with Crippen molar-refractivity contribution in [3.05, 3.63) is 54.7 Å². The van der Waals surface area contributed by atoms with E-state index in [1.165, 1.54) is 0 Å². The molecule has 0 aliphatic heterocycles. The maximum absolute atomic E-state index is 5.84. The Morgan fingerprint density at radius 1 is 0.893 bits per heavy atom. The maximum atomic E-state index is 5.84. The first kappa shape index (κ1) is 17.5. The predicted molar refractivity (Wildman–Crippen MR) is 108 cm³/mol. The van der Waals surface area contributed by atoms with Crippen LogP contribution in [0.2, 0.25) is 0 Å². The van der Waals surface area contributed by atoms with Crippen LogP contribution in [0.3, 0.4) is 0 Å². The van der Waals surface area contributed by atoms with Crippen molar-refractivity contribution >= 4 is 28.6 Å². The molecule has 2 heterocycles. The summed E-state index contributed by atoms with van der Waals surface area (Å²) in [5, 5.41) is 3.23. The fourth-order valence-electron chi connectivity index (χ4n) is 2.80. The number of methoxy groups -OCH3 is 2. The molecule has 3 N–H and O–H groups in total. The van der Waals surface area contributed by atoms with Crippen LogP contribution in [0.25, 0.3) is 22.4 Å². The molecule has 8 heteroatoms. The number of aromatic nitrogens is 4. The van der Waals surface area contributed by atoms with Crippen LogP contribution in [0.5, 0.6) is 11.5 Å². The van der Waals surface area contributed by atoms with Gasteiger partial charge >= 0.3 is 0 Å². The number of para-hydroxylation sites is 1. The number of nitrogens with two attached hydrogens (primary N) is 1. The summed E-state index contributed by atoms with van der Waals surface area (Å²) in [6.07, 6.45) is 1.64. The van der Waals surface area contributed by atoms with Crippen LogP contribution in [0.1, 0.15) is 0 Å². The molecule has 2 aromatic carbocycles. The predicted octanol–water partition coefficient (Wildman–Crippen LogP) is 3.43. The van der Waals surface area contributed by atoms with E-state index >= 15 is 0 Å². The topological polar surface area (TPSA) is 108 Å². The smallest absolute Gasteiger partial charge is 0.224 e. The number of ether oxygens (including phenoxy) is 2. The Labute approximate surface area is 161 Å². The second-order valence-corrected chi connectivity index (χ2v) is 5.92. The molecule has 140 valence electrons. The Balaban J connectivity index is 1.82. The lowest BCUT2D eigenvalue weighted by Crippen LogP contribution is -2.04. The van der Waals surface area contributed by atoms with Gasteiger partial charge in [0.15, 0.2) is 28.5 Å². The number of nitrogens with zero attached hydrogens (tertiary/aromatic N) is 4. The summed E-state index contributed by atoms with van der Waals surface area (Å²) in [6, 6.07) is 15.2.